The lowest BCUT2D eigenvalue weighted by Gasteiger charge is -2.02. The third-order valence-electron chi connectivity index (χ3n) is 1.85. The number of aromatic nitrogens is 1. The maximum Gasteiger partial charge on any atom is 0.262 e. The highest BCUT2D eigenvalue weighted by Gasteiger charge is 2.10. The van der Waals surface area contributed by atoms with Crippen LogP contribution in [0, 0.1) is 13.8 Å². The number of carbonyl (C=O) groups excluding carboxylic acids is 1. The second-order valence-corrected chi connectivity index (χ2v) is 3.35. The maximum absolute atomic E-state index is 11.1. The van der Waals surface area contributed by atoms with Crippen LogP contribution in [-0.2, 0) is 11.3 Å². The van der Waals surface area contributed by atoms with Crippen molar-refractivity contribution < 1.29 is 9.32 Å². The van der Waals surface area contributed by atoms with Gasteiger partial charge >= 0.3 is 0 Å². The quantitative estimate of drug-likeness (QED) is 0.779. The first kappa shape index (κ1) is 10.8. The highest BCUT2D eigenvalue weighted by molar-refractivity contribution is 6.41. The molecule has 0 radical (unpaired) electrons. The third kappa shape index (κ3) is 2.35. The number of carbonyl (C=O) groups is 1. The van der Waals surface area contributed by atoms with E-state index in [9.17, 15) is 4.79 Å². The molecule has 76 valence electrons. The van der Waals surface area contributed by atoms with Crippen LogP contribution >= 0.6 is 11.6 Å². The van der Waals surface area contributed by atoms with Crippen LogP contribution in [0.3, 0.4) is 0 Å². The van der Waals surface area contributed by atoms with Crippen molar-refractivity contribution in [1.82, 2.24) is 10.5 Å². The molecule has 1 amide bonds. The van der Waals surface area contributed by atoms with E-state index < -0.39 is 0 Å². The number of aryl methyl sites for hydroxylation is 2. The fraction of sp³-hybridized carbons (Fsp3) is 0.333. The SMILES string of the molecule is C=C(Cl)C(=O)NCc1c(C)noc1C. The van der Waals surface area contributed by atoms with Crippen molar-refractivity contribution in [1.29, 1.82) is 0 Å². The Morgan fingerprint density at radius 1 is 1.64 bits per heavy atom. The molecule has 0 fully saturated rings. The standard InChI is InChI=1S/C9H11ClN2O2/c1-5(10)9(13)11-4-8-6(2)12-14-7(8)3/h1,4H2,2-3H3,(H,11,13). The van der Waals surface area contributed by atoms with E-state index in [0.717, 1.165) is 11.3 Å². The highest BCUT2D eigenvalue weighted by Crippen LogP contribution is 2.11. The van der Waals surface area contributed by atoms with Crippen molar-refractivity contribution in [2.45, 2.75) is 20.4 Å². The lowest BCUT2D eigenvalue weighted by atomic mass is 10.2. The van der Waals surface area contributed by atoms with Crippen molar-refractivity contribution in [3.05, 3.63) is 28.6 Å². The topological polar surface area (TPSA) is 55.1 Å². The van der Waals surface area contributed by atoms with Gasteiger partial charge in [0.25, 0.3) is 5.91 Å². The van der Waals surface area contributed by atoms with E-state index in [-0.39, 0.29) is 10.9 Å². The first-order valence-corrected chi connectivity index (χ1v) is 4.44. The minimum atomic E-state index is -0.383. The molecule has 14 heavy (non-hydrogen) atoms. The first-order valence-electron chi connectivity index (χ1n) is 4.06. The number of hydrogen-bond acceptors (Lipinski definition) is 3. The van der Waals surface area contributed by atoms with Crippen LogP contribution in [0.15, 0.2) is 16.1 Å². The smallest absolute Gasteiger partial charge is 0.262 e. The van der Waals surface area contributed by atoms with Gasteiger partial charge in [0.2, 0.25) is 0 Å². The summed E-state index contributed by atoms with van der Waals surface area (Å²) in [6.45, 7) is 7.27. The summed E-state index contributed by atoms with van der Waals surface area (Å²) in [5.74, 6) is 0.314. The molecule has 0 spiro atoms. The van der Waals surface area contributed by atoms with Crippen LogP contribution in [0.1, 0.15) is 17.0 Å². The minimum Gasteiger partial charge on any atom is -0.361 e. The third-order valence-corrected chi connectivity index (χ3v) is 2.02. The van der Waals surface area contributed by atoms with Gasteiger partial charge in [0.05, 0.1) is 10.7 Å². The largest absolute Gasteiger partial charge is 0.361 e. The van der Waals surface area contributed by atoms with E-state index >= 15 is 0 Å². The average molecular weight is 215 g/mol. The van der Waals surface area contributed by atoms with Crippen LogP contribution < -0.4 is 5.32 Å². The van der Waals surface area contributed by atoms with Gasteiger partial charge in [0.15, 0.2) is 0 Å². The summed E-state index contributed by atoms with van der Waals surface area (Å²) in [5, 5.41) is 6.32. The summed E-state index contributed by atoms with van der Waals surface area (Å²) >= 11 is 5.40. The van der Waals surface area contributed by atoms with E-state index in [1.165, 1.54) is 0 Å². The molecule has 1 aromatic heterocycles. The van der Waals surface area contributed by atoms with Crippen molar-refractivity contribution in [3.8, 4) is 0 Å². The van der Waals surface area contributed by atoms with Gasteiger partial charge < -0.3 is 9.84 Å². The summed E-state index contributed by atoms with van der Waals surface area (Å²) in [6, 6.07) is 0. The second-order valence-electron chi connectivity index (χ2n) is 2.89. The van der Waals surface area contributed by atoms with Crippen molar-refractivity contribution in [3.63, 3.8) is 0 Å². The Labute approximate surface area is 86.9 Å². The van der Waals surface area contributed by atoms with Crippen LogP contribution in [0.2, 0.25) is 0 Å². The summed E-state index contributed by atoms with van der Waals surface area (Å²) in [6.07, 6.45) is 0. The molecular formula is C9H11ClN2O2. The molecule has 0 bridgehead atoms. The molecule has 0 unspecified atom stereocenters. The lowest BCUT2D eigenvalue weighted by molar-refractivity contribution is -0.117. The van der Waals surface area contributed by atoms with E-state index in [1.807, 2.05) is 6.92 Å². The van der Waals surface area contributed by atoms with Crippen molar-refractivity contribution in [2.75, 3.05) is 0 Å². The van der Waals surface area contributed by atoms with E-state index in [4.69, 9.17) is 16.1 Å². The van der Waals surface area contributed by atoms with E-state index in [0.29, 0.717) is 12.3 Å². The molecule has 0 aliphatic carbocycles. The molecule has 0 aromatic carbocycles. The van der Waals surface area contributed by atoms with Gasteiger partial charge in [-0.05, 0) is 13.8 Å². The fourth-order valence-electron chi connectivity index (χ4n) is 1.02. The normalized spacial score (nSPS) is 9.93. The molecule has 1 N–H and O–H groups in total. The van der Waals surface area contributed by atoms with Crippen LogP contribution in [-0.4, -0.2) is 11.1 Å². The molecule has 0 aliphatic heterocycles. The zero-order chi connectivity index (χ0) is 10.7. The van der Waals surface area contributed by atoms with Crippen LogP contribution in [0.5, 0.6) is 0 Å². The van der Waals surface area contributed by atoms with Gasteiger partial charge in [-0.25, -0.2) is 0 Å². The number of nitrogens with zero attached hydrogens (tertiary/aromatic N) is 1. The molecular weight excluding hydrogens is 204 g/mol. The summed E-state index contributed by atoms with van der Waals surface area (Å²) in [4.78, 5) is 11.1. The predicted molar refractivity (Wildman–Crippen MR) is 52.8 cm³/mol. The molecule has 1 aromatic rings. The molecule has 0 atom stereocenters. The summed E-state index contributed by atoms with van der Waals surface area (Å²) in [7, 11) is 0. The average Bonchev–Trinajstić information content (AvgIpc) is 2.43. The Balaban J connectivity index is 2.62. The number of nitrogens with one attached hydrogen (secondary N) is 1. The Kier molecular flexibility index (Phi) is 3.30. The Bertz CT molecular complexity index is 351. The number of hydrogen-bond donors (Lipinski definition) is 1. The first-order chi connectivity index (χ1) is 6.52. The molecule has 0 aliphatic rings. The Morgan fingerprint density at radius 3 is 2.71 bits per heavy atom. The number of rotatable bonds is 3. The van der Waals surface area contributed by atoms with Crippen LogP contribution in [0.25, 0.3) is 0 Å². The maximum atomic E-state index is 11.1. The molecule has 1 rings (SSSR count). The molecule has 5 heteroatoms. The lowest BCUT2D eigenvalue weighted by Crippen LogP contribution is -2.22. The van der Waals surface area contributed by atoms with Gasteiger partial charge in [-0.15, -0.1) is 0 Å². The van der Waals surface area contributed by atoms with Crippen molar-refractivity contribution in [2.24, 2.45) is 0 Å². The Hall–Kier alpha value is -1.29. The highest BCUT2D eigenvalue weighted by atomic mass is 35.5. The summed E-state index contributed by atoms with van der Waals surface area (Å²) in [5.41, 5.74) is 1.64. The van der Waals surface area contributed by atoms with Gasteiger partial charge in [-0.2, -0.15) is 0 Å². The molecule has 4 nitrogen and oxygen atoms in total. The van der Waals surface area contributed by atoms with Gasteiger partial charge in [0, 0.05) is 12.1 Å². The van der Waals surface area contributed by atoms with Crippen LogP contribution in [0.4, 0.5) is 0 Å². The Morgan fingerprint density at radius 2 is 2.29 bits per heavy atom. The van der Waals surface area contributed by atoms with E-state index in [2.05, 4.69) is 17.1 Å². The van der Waals surface area contributed by atoms with Crippen molar-refractivity contribution >= 4 is 17.5 Å². The van der Waals surface area contributed by atoms with E-state index in [1.54, 1.807) is 6.92 Å². The number of halogens is 1. The van der Waals surface area contributed by atoms with Gasteiger partial charge in [-0.3, -0.25) is 4.79 Å². The zero-order valence-electron chi connectivity index (χ0n) is 8.06. The summed E-state index contributed by atoms with van der Waals surface area (Å²) < 4.78 is 4.93. The van der Waals surface area contributed by atoms with Gasteiger partial charge in [-0.1, -0.05) is 23.3 Å². The number of amides is 1. The molecule has 0 saturated carbocycles. The van der Waals surface area contributed by atoms with Gasteiger partial charge in [0.1, 0.15) is 5.76 Å². The second kappa shape index (κ2) is 4.28. The molecule has 0 saturated heterocycles. The predicted octanol–water partition coefficient (Wildman–Crippen LogP) is 1.66. The molecule has 1 heterocycles. The minimum absolute atomic E-state index is 0.0308. The monoisotopic (exact) mass is 214 g/mol. The zero-order valence-corrected chi connectivity index (χ0v) is 8.81. The fourth-order valence-corrected chi connectivity index (χ4v) is 1.09.